The molecule has 2 aromatic carbocycles. The molecule has 0 aliphatic carbocycles. The van der Waals surface area contributed by atoms with Crippen molar-refractivity contribution in [3.05, 3.63) is 89.8 Å². The van der Waals surface area contributed by atoms with E-state index >= 15 is 0 Å². The summed E-state index contributed by atoms with van der Waals surface area (Å²) < 4.78 is 11.0. The fourth-order valence-corrected chi connectivity index (χ4v) is 2.75. The highest BCUT2D eigenvalue weighted by Crippen LogP contribution is 2.27. The minimum absolute atomic E-state index is 0.224. The summed E-state index contributed by atoms with van der Waals surface area (Å²) in [6.45, 7) is 1.71. The van der Waals surface area contributed by atoms with Crippen molar-refractivity contribution in [1.29, 1.82) is 0 Å². The molecule has 0 amide bonds. The molecule has 0 fully saturated rings. The minimum atomic E-state index is -0.800. The molecular formula is C20H15N3O3. The summed E-state index contributed by atoms with van der Waals surface area (Å²) in [5, 5.41) is 5.45. The number of hydrogen-bond acceptors (Lipinski definition) is 6. The van der Waals surface area contributed by atoms with Crippen LogP contribution in [0.25, 0.3) is 10.8 Å². The standard InChI is InChI=1S/C20H15N3O3/c1-13-22-19(26-23-13)18(15-8-3-2-4-9-15)25-20(24)17-16-10-6-5-7-14(16)11-12-21-17/h2-12,18H,1H3/t18-/m1/s1. The number of carbonyl (C=O) groups is 1. The molecule has 6 heteroatoms. The first kappa shape index (κ1) is 16.0. The van der Waals surface area contributed by atoms with Crippen LogP contribution in [0.2, 0.25) is 0 Å². The average molecular weight is 345 g/mol. The zero-order valence-electron chi connectivity index (χ0n) is 14.0. The molecular weight excluding hydrogens is 330 g/mol. The molecule has 26 heavy (non-hydrogen) atoms. The van der Waals surface area contributed by atoms with Crippen molar-refractivity contribution >= 4 is 16.7 Å². The van der Waals surface area contributed by atoms with Crippen LogP contribution in [-0.2, 0) is 4.74 Å². The van der Waals surface area contributed by atoms with Crippen molar-refractivity contribution in [2.45, 2.75) is 13.0 Å². The molecule has 4 rings (SSSR count). The lowest BCUT2D eigenvalue weighted by molar-refractivity contribution is 0.0310. The van der Waals surface area contributed by atoms with Gasteiger partial charge in [-0.25, -0.2) is 9.78 Å². The molecule has 0 aliphatic rings. The Balaban J connectivity index is 1.72. The van der Waals surface area contributed by atoms with Crippen LogP contribution in [0.4, 0.5) is 0 Å². The van der Waals surface area contributed by atoms with E-state index in [4.69, 9.17) is 9.26 Å². The monoisotopic (exact) mass is 345 g/mol. The van der Waals surface area contributed by atoms with E-state index in [1.165, 1.54) is 0 Å². The van der Waals surface area contributed by atoms with Gasteiger partial charge in [-0.15, -0.1) is 0 Å². The van der Waals surface area contributed by atoms with Crippen molar-refractivity contribution in [1.82, 2.24) is 15.1 Å². The zero-order chi connectivity index (χ0) is 17.9. The van der Waals surface area contributed by atoms with E-state index in [2.05, 4.69) is 15.1 Å². The first-order valence-electron chi connectivity index (χ1n) is 8.12. The van der Waals surface area contributed by atoms with E-state index in [1.54, 1.807) is 13.1 Å². The summed E-state index contributed by atoms with van der Waals surface area (Å²) >= 11 is 0. The molecule has 0 radical (unpaired) electrons. The highest BCUT2D eigenvalue weighted by atomic mass is 16.6. The van der Waals surface area contributed by atoms with Crippen LogP contribution in [0.15, 0.2) is 71.4 Å². The highest BCUT2D eigenvalue weighted by Gasteiger charge is 2.26. The molecule has 0 unspecified atom stereocenters. The summed E-state index contributed by atoms with van der Waals surface area (Å²) in [7, 11) is 0. The van der Waals surface area contributed by atoms with Crippen molar-refractivity contribution in [2.75, 3.05) is 0 Å². The third kappa shape index (κ3) is 3.04. The number of pyridine rings is 1. The number of aryl methyl sites for hydroxylation is 1. The zero-order valence-corrected chi connectivity index (χ0v) is 14.0. The number of hydrogen-bond donors (Lipinski definition) is 0. The molecule has 6 nitrogen and oxygen atoms in total. The van der Waals surface area contributed by atoms with Gasteiger partial charge in [-0.2, -0.15) is 4.98 Å². The van der Waals surface area contributed by atoms with Crippen LogP contribution < -0.4 is 0 Å². The van der Waals surface area contributed by atoms with Crippen LogP contribution in [0, 0.1) is 6.92 Å². The molecule has 0 saturated carbocycles. The molecule has 128 valence electrons. The van der Waals surface area contributed by atoms with Crippen LogP contribution in [0.1, 0.15) is 33.9 Å². The number of fused-ring (bicyclic) bond motifs is 1. The van der Waals surface area contributed by atoms with Crippen LogP contribution in [-0.4, -0.2) is 21.1 Å². The molecule has 2 heterocycles. The Morgan fingerprint density at radius 3 is 2.58 bits per heavy atom. The second-order valence-electron chi connectivity index (χ2n) is 5.76. The lowest BCUT2D eigenvalue weighted by Gasteiger charge is -2.15. The van der Waals surface area contributed by atoms with E-state index in [0.29, 0.717) is 5.82 Å². The van der Waals surface area contributed by atoms with Crippen LogP contribution >= 0.6 is 0 Å². The Bertz CT molecular complexity index is 1050. The van der Waals surface area contributed by atoms with Crippen molar-refractivity contribution < 1.29 is 14.1 Å². The van der Waals surface area contributed by atoms with Crippen molar-refractivity contribution in [2.24, 2.45) is 0 Å². The van der Waals surface area contributed by atoms with E-state index in [0.717, 1.165) is 16.3 Å². The fraction of sp³-hybridized carbons (Fsp3) is 0.100. The second-order valence-corrected chi connectivity index (χ2v) is 5.76. The van der Waals surface area contributed by atoms with Gasteiger partial charge in [0.05, 0.1) is 0 Å². The fourth-order valence-electron chi connectivity index (χ4n) is 2.75. The molecule has 0 N–H and O–H groups in total. The third-order valence-electron chi connectivity index (χ3n) is 3.96. The number of rotatable bonds is 4. The van der Waals surface area contributed by atoms with E-state index < -0.39 is 12.1 Å². The normalized spacial score (nSPS) is 12.0. The summed E-state index contributed by atoms with van der Waals surface area (Å²) in [6.07, 6.45) is 0.790. The van der Waals surface area contributed by atoms with E-state index in [9.17, 15) is 4.79 Å². The van der Waals surface area contributed by atoms with Crippen molar-refractivity contribution in [3.63, 3.8) is 0 Å². The van der Waals surface area contributed by atoms with Crippen LogP contribution in [0.3, 0.4) is 0 Å². The molecule has 0 aliphatic heterocycles. The number of aromatic nitrogens is 3. The lowest BCUT2D eigenvalue weighted by atomic mass is 10.1. The Hall–Kier alpha value is -3.54. The third-order valence-corrected chi connectivity index (χ3v) is 3.96. The first-order valence-corrected chi connectivity index (χ1v) is 8.12. The molecule has 4 aromatic rings. The van der Waals surface area contributed by atoms with Gasteiger partial charge in [0, 0.05) is 17.1 Å². The highest BCUT2D eigenvalue weighted by molar-refractivity contribution is 6.02. The summed E-state index contributed by atoms with van der Waals surface area (Å²) in [5.74, 6) is 0.147. The number of ether oxygens (including phenoxy) is 1. The van der Waals surface area contributed by atoms with Gasteiger partial charge < -0.3 is 9.26 Å². The maximum absolute atomic E-state index is 12.8. The number of carbonyl (C=O) groups excluding carboxylic acids is 1. The smallest absolute Gasteiger partial charge is 0.358 e. The molecule has 1 atom stereocenters. The van der Waals surface area contributed by atoms with Crippen LogP contribution in [0.5, 0.6) is 0 Å². The van der Waals surface area contributed by atoms with Gasteiger partial charge in [0.15, 0.2) is 11.5 Å². The second kappa shape index (κ2) is 6.76. The Labute approximate surface area is 149 Å². The summed E-state index contributed by atoms with van der Waals surface area (Å²) in [4.78, 5) is 21.3. The van der Waals surface area contributed by atoms with E-state index in [1.807, 2.05) is 60.7 Å². The summed E-state index contributed by atoms with van der Waals surface area (Å²) in [5.41, 5.74) is 0.991. The number of nitrogens with zero attached hydrogens (tertiary/aromatic N) is 3. The first-order chi connectivity index (χ1) is 12.7. The Morgan fingerprint density at radius 2 is 1.81 bits per heavy atom. The number of esters is 1. The minimum Gasteiger partial charge on any atom is -0.443 e. The quantitative estimate of drug-likeness (QED) is 0.522. The SMILES string of the molecule is Cc1noc([C@H](OC(=O)c2nccc3ccccc23)c2ccccc2)n1. The van der Waals surface area contributed by atoms with E-state index in [-0.39, 0.29) is 11.6 Å². The van der Waals surface area contributed by atoms with Gasteiger partial charge in [0.25, 0.3) is 5.89 Å². The summed E-state index contributed by atoms with van der Waals surface area (Å²) in [6, 6.07) is 18.7. The molecule has 0 bridgehead atoms. The molecule has 2 aromatic heterocycles. The predicted molar refractivity (Wildman–Crippen MR) is 94.5 cm³/mol. The van der Waals surface area contributed by atoms with Gasteiger partial charge in [-0.3, -0.25) is 0 Å². The maximum atomic E-state index is 12.8. The maximum Gasteiger partial charge on any atom is 0.358 e. The molecule has 0 saturated heterocycles. The lowest BCUT2D eigenvalue weighted by Crippen LogP contribution is -2.15. The topological polar surface area (TPSA) is 78.1 Å². The Morgan fingerprint density at radius 1 is 1.04 bits per heavy atom. The van der Waals surface area contributed by atoms with Gasteiger partial charge >= 0.3 is 5.97 Å². The average Bonchev–Trinajstić information content (AvgIpc) is 3.12. The predicted octanol–water partition coefficient (Wildman–Crippen LogP) is 3.87. The molecule has 0 spiro atoms. The Kier molecular flexibility index (Phi) is 4.15. The van der Waals surface area contributed by atoms with Gasteiger partial charge in [-0.05, 0) is 18.4 Å². The largest absolute Gasteiger partial charge is 0.443 e. The van der Waals surface area contributed by atoms with Crippen molar-refractivity contribution in [3.8, 4) is 0 Å². The van der Waals surface area contributed by atoms with Gasteiger partial charge in [-0.1, -0.05) is 59.8 Å². The van der Waals surface area contributed by atoms with Gasteiger partial charge in [0.1, 0.15) is 0 Å². The van der Waals surface area contributed by atoms with Gasteiger partial charge in [0.2, 0.25) is 6.10 Å². The number of benzene rings is 2.